The zero-order valence-corrected chi connectivity index (χ0v) is 10.8. The Balaban J connectivity index is 2.59. The third-order valence-corrected chi connectivity index (χ3v) is 2.89. The topological polar surface area (TPSA) is 37.8 Å². The molecule has 0 atom stereocenters. The molecule has 0 saturated carbocycles. The molecular formula is C14H16FN3. The van der Waals surface area contributed by atoms with E-state index in [0.29, 0.717) is 5.56 Å². The highest BCUT2D eigenvalue weighted by molar-refractivity contribution is 5.66. The van der Waals surface area contributed by atoms with Gasteiger partial charge in [0.1, 0.15) is 17.5 Å². The van der Waals surface area contributed by atoms with Gasteiger partial charge in [-0.2, -0.15) is 0 Å². The molecule has 1 aromatic heterocycles. The molecule has 2 rings (SSSR count). The fourth-order valence-electron chi connectivity index (χ4n) is 1.81. The lowest BCUT2D eigenvalue weighted by atomic mass is 10.0. The van der Waals surface area contributed by atoms with Crippen LogP contribution in [0.25, 0.3) is 11.3 Å². The van der Waals surface area contributed by atoms with Crippen molar-refractivity contribution in [3.05, 3.63) is 41.5 Å². The second-order valence-corrected chi connectivity index (χ2v) is 4.07. The number of aromatic nitrogens is 2. The normalized spacial score (nSPS) is 10.4. The molecule has 0 fully saturated rings. The van der Waals surface area contributed by atoms with Gasteiger partial charge in [0.25, 0.3) is 0 Å². The van der Waals surface area contributed by atoms with Crippen molar-refractivity contribution in [2.75, 3.05) is 12.4 Å². The quantitative estimate of drug-likeness (QED) is 0.902. The fourth-order valence-corrected chi connectivity index (χ4v) is 1.81. The fraction of sp³-hybridized carbons (Fsp3) is 0.286. The predicted octanol–water partition coefficient (Wildman–Crippen LogP) is 3.20. The van der Waals surface area contributed by atoms with Crippen LogP contribution in [0.1, 0.15) is 18.3 Å². The maximum absolute atomic E-state index is 13.6. The van der Waals surface area contributed by atoms with Gasteiger partial charge in [0.15, 0.2) is 0 Å². The summed E-state index contributed by atoms with van der Waals surface area (Å²) in [5.41, 5.74) is 2.17. The van der Waals surface area contributed by atoms with E-state index in [1.807, 2.05) is 26.1 Å². The van der Waals surface area contributed by atoms with Gasteiger partial charge in [-0.1, -0.05) is 19.1 Å². The van der Waals surface area contributed by atoms with Crippen LogP contribution in [0.3, 0.4) is 0 Å². The summed E-state index contributed by atoms with van der Waals surface area (Å²) in [6.07, 6.45) is 0.747. The van der Waals surface area contributed by atoms with Crippen LogP contribution >= 0.6 is 0 Å². The molecule has 18 heavy (non-hydrogen) atoms. The zero-order chi connectivity index (χ0) is 13.1. The molecule has 4 heteroatoms. The maximum atomic E-state index is 13.6. The van der Waals surface area contributed by atoms with Crippen LogP contribution in [0.5, 0.6) is 0 Å². The van der Waals surface area contributed by atoms with Gasteiger partial charge in [0.05, 0.1) is 5.69 Å². The number of halogens is 1. The first-order valence-electron chi connectivity index (χ1n) is 5.97. The molecule has 0 radical (unpaired) electrons. The summed E-state index contributed by atoms with van der Waals surface area (Å²) in [4.78, 5) is 8.79. The SMILES string of the molecule is CCc1nc(NC)cc(-c2cccc(F)c2C)n1. The number of nitrogens with zero attached hydrogens (tertiary/aromatic N) is 2. The van der Waals surface area contributed by atoms with Crippen LogP contribution in [-0.2, 0) is 6.42 Å². The number of nitrogens with one attached hydrogen (secondary N) is 1. The van der Waals surface area contributed by atoms with Crippen LogP contribution in [0.15, 0.2) is 24.3 Å². The van der Waals surface area contributed by atoms with E-state index in [2.05, 4.69) is 15.3 Å². The van der Waals surface area contributed by atoms with E-state index in [1.54, 1.807) is 13.0 Å². The van der Waals surface area contributed by atoms with Gasteiger partial charge in [-0.05, 0) is 18.6 Å². The average molecular weight is 245 g/mol. The number of rotatable bonds is 3. The molecule has 0 aliphatic heterocycles. The van der Waals surface area contributed by atoms with Crippen LogP contribution in [-0.4, -0.2) is 17.0 Å². The molecule has 0 aliphatic carbocycles. The molecule has 1 aromatic carbocycles. The van der Waals surface area contributed by atoms with Crippen LogP contribution in [0.4, 0.5) is 10.2 Å². The van der Waals surface area contributed by atoms with E-state index in [4.69, 9.17) is 0 Å². The van der Waals surface area contributed by atoms with Crippen molar-refractivity contribution >= 4 is 5.82 Å². The number of benzene rings is 1. The van der Waals surface area contributed by atoms with Gasteiger partial charge in [0, 0.05) is 25.1 Å². The molecule has 1 N–H and O–H groups in total. The standard InChI is InChI=1S/C14H16FN3/c1-4-13-17-12(8-14(16-3)18-13)10-6-5-7-11(15)9(10)2/h5-8H,4H2,1-3H3,(H,16,17,18). The molecule has 0 spiro atoms. The molecule has 2 aromatic rings. The summed E-state index contributed by atoms with van der Waals surface area (Å²) in [6, 6.07) is 6.87. The van der Waals surface area contributed by atoms with E-state index in [0.717, 1.165) is 29.3 Å². The Kier molecular flexibility index (Phi) is 3.55. The van der Waals surface area contributed by atoms with E-state index in [1.165, 1.54) is 6.07 Å². The van der Waals surface area contributed by atoms with Gasteiger partial charge in [0.2, 0.25) is 0 Å². The van der Waals surface area contributed by atoms with E-state index in [-0.39, 0.29) is 5.82 Å². The second-order valence-electron chi connectivity index (χ2n) is 4.07. The van der Waals surface area contributed by atoms with Crippen molar-refractivity contribution in [3.63, 3.8) is 0 Å². The van der Waals surface area contributed by atoms with Crippen molar-refractivity contribution in [2.45, 2.75) is 20.3 Å². The molecule has 0 amide bonds. The highest BCUT2D eigenvalue weighted by Gasteiger charge is 2.09. The Morgan fingerprint density at radius 2 is 2.06 bits per heavy atom. The van der Waals surface area contributed by atoms with E-state index in [9.17, 15) is 4.39 Å². The summed E-state index contributed by atoms with van der Waals surface area (Å²) in [5, 5.41) is 3.00. The molecule has 0 saturated heterocycles. The Morgan fingerprint density at radius 3 is 2.72 bits per heavy atom. The maximum Gasteiger partial charge on any atom is 0.131 e. The minimum absolute atomic E-state index is 0.213. The third kappa shape index (κ3) is 2.32. The van der Waals surface area contributed by atoms with Crippen molar-refractivity contribution in [3.8, 4) is 11.3 Å². The van der Waals surface area contributed by atoms with Gasteiger partial charge >= 0.3 is 0 Å². The van der Waals surface area contributed by atoms with Crippen molar-refractivity contribution < 1.29 is 4.39 Å². The van der Waals surface area contributed by atoms with Gasteiger partial charge in [-0.25, -0.2) is 14.4 Å². The molecule has 0 bridgehead atoms. The van der Waals surface area contributed by atoms with Crippen molar-refractivity contribution in [2.24, 2.45) is 0 Å². The Morgan fingerprint density at radius 1 is 1.28 bits per heavy atom. The molecule has 0 unspecified atom stereocenters. The summed E-state index contributed by atoms with van der Waals surface area (Å²) >= 11 is 0. The number of anilines is 1. The molecule has 0 aliphatic rings. The number of hydrogen-bond acceptors (Lipinski definition) is 3. The number of aryl methyl sites for hydroxylation is 1. The summed E-state index contributed by atoms with van der Waals surface area (Å²) in [7, 11) is 1.81. The van der Waals surface area contributed by atoms with Crippen LogP contribution in [0.2, 0.25) is 0 Å². The summed E-state index contributed by atoms with van der Waals surface area (Å²) in [6.45, 7) is 3.76. The predicted molar refractivity (Wildman–Crippen MR) is 71.1 cm³/mol. The van der Waals surface area contributed by atoms with Gasteiger partial charge < -0.3 is 5.32 Å². The summed E-state index contributed by atoms with van der Waals surface area (Å²) in [5.74, 6) is 1.29. The lowest BCUT2D eigenvalue weighted by Gasteiger charge is -2.09. The first-order chi connectivity index (χ1) is 8.65. The Hall–Kier alpha value is -1.97. The highest BCUT2D eigenvalue weighted by Crippen LogP contribution is 2.25. The smallest absolute Gasteiger partial charge is 0.131 e. The van der Waals surface area contributed by atoms with Gasteiger partial charge in [-0.3, -0.25) is 0 Å². The van der Waals surface area contributed by atoms with E-state index >= 15 is 0 Å². The lowest BCUT2D eigenvalue weighted by molar-refractivity contribution is 0.619. The number of hydrogen-bond donors (Lipinski definition) is 1. The minimum atomic E-state index is -0.213. The summed E-state index contributed by atoms with van der Waals surface area (Å²) < 4.78 is 13.6. The van der Waals surface area contributed by atoms with Crippen LogP contribution in [0, 0.1) is 12.7 Å². The molecule has 94 valence electrons. The minimum Gasteiger partial charge on any atom is -0.373 e. The highest BCUT2D eigenvalue weighted by atomic mass is 19.1. The van der Waals surface area contributed by atoms with Crippen molar-refractivity contribution in [1.82, 2.24) is 9.97 Å². The Bertz CT molecular complexity index is 545. The lowest BCUT2D eigenvalue weighted by Crippen LogP contribution is -2.01. The second kappa shape index (κ2) is 5.12. The molecule has 1 heterocycles. The third-order valence-electron chi connectivity index (χ3n) is 2.89. The molecule has 3 nitrogen and oxygen atoms in total. The van der Waals surface area contributed by atoms with Gasteiger partial charge in [-0.15, -0.1) is 0 Å². The largest absolute Gasteiger partial charge is 0.373 e. The molecular weight excluding hydrogens is 229 g/mol. The zero-order valence-electron chi connectivity index (χ0n) is 10.8. The van der Waals surface area contributed by atoms with Crippen molar-refractivity contribution in [1.29, 1.82) is 0 Å². The first kappa shape index (κ1) is 12.5. The van der Waals surface area contributed by atoms with E-state index < -0.39 is 0 Å². The monoisotopic (exact) mass is 245 g/mol. The van der Waals surface area contributed by atoms with Crippen LogP contribution < -0.4 is 5.32 Å². The average Bonchev–Trinajstić information content (AvgIpc) is 2.41. The first-order valence-corrected chi connectivity index (χ1v) is 5.97. The Labute approximate surface area is 106 Å².